The number of aliphatic hydroxyl groups excluding tert-OH is 1. The Hall–Kier alpha value is -2.20. The van der Waals surface area contributed by atoms with Gasteiger partial charge < -0.3 is 19.3 Å². The van der Waals surface area contributed by atoms with Gasteiger partial charge in [0.05, 0.1) is 31.3 Å². The number of ether oxygens (including phenoxy) is 3. The molecule has 2 aromatic rings. The van der Waals surface area contributed by atoms with E-state index in [1.54, 1.807) is 0 Å². The number of hydrogen-bond donors (Lipinski definition) is 1. The van der Waals surface area contributed by atoms with Gasteiger partial charge in [-0.05, 0) is 73.8 Å². The monoisotopic (exact) mass is 372 g/mol. The molecule has 1 atom stereocenters. The van der Waals surface area contributed by atoms with E-state index in [0.717, 1.165) is 14.2 Å². The van der Waals surface area contributed by atoms with Crippen molar-refractivity contribution in [1.29, 1.82) is 0 Å². The van der Waals surface area contributed by atoms with Crippen LogP contribution in [0.4, 0.5) is 0 Å². The standard InChI is InChI=1S/C22H30O4/c1-16-9-11-20(13-17(16)2)26-15-19(23)8-6-5-7-18-10-12-21(24-3)22(14-18)25-4/h9-14,19,23H,5-8,15H2,1-4H3/i5D2,7D2,8D2,9D,10D,11D,12D,13D,14D,15D2. The molecule has 0 radical (unpaired) electrons. The van der Waals surface area contributed by atoms with Crippen LogP contribution in [0, 0.1) is 13.8 Å². The third-order valence-electron chi connectivity index (χ3n) is 3.25. The maximum atomic E-state index is 10.7. The molecule has 0 aliphatic heterocycles. The molecular formula is C22H30O4. The summed E-state index contributed by atoms with van der Waals surface area (Å²) in [5.41, 5.74) is -0.488. The maximum absolute atomic E-state index is 10.7. The predicted molar refractivity (Wildman–Crippen MR) is 105 cm³/mol. The first-order valence-electron chi connectivity index (χ1n) is 14.7. The van der Waals surface area contributed by atoms with Gasteiger partial charge in [0.25, 0.3) is 0 Å². The van der Waals surface area contributed by atoms with E-state index in [1.807, 2.05) is 0 Å². The third-order valence-corrected chi connectivity index (χ3v) is 3.25. The fraction of sp³-hybridized carbons (Fsp3) is 0.455. The van der Waals surface area contributed by atoms with Crippen LogP contribution >= 0.6 is 0 Å². The second kappa shape index (κ2) is 10.1. The molecule has 26 heavy (non-hydrogen) atoms. The molecule has 0 bridgehead atoms. The fourth-order valence-electron chi connectivity index (χ4n) is 1.75. The van der Waals surface area contributed by atoms with E-state index in [2.05, 4.69) is 0 Å². The molecule has 0 amide bonds. The van der Waals surface area contributed by atoms with Gasteiger partial charge in [-0.1, -0.05) is 18.5 Å². The molecule has 0 spiro atoms. The lowest BCUT2D eigenvalue weighted by atomic mass is 10.0. The van der Waals surface area contributed by atoms with Crippen LogP contribution in [0.25, 0.3) is 0 Å². The van der Waals surface area contributed by atoms with Crippen molar-refractivity contribution >= 4 is 0 Å². The molecule has 0 aliphatic carbocycles. The molecule has 0 saturated heterocycles. The van der Waals surface area contributed by atoms with Crippen molar-refractivity contribution in [1.82, 2.24) is 0 Å². The Kier molecular flexibility index (Phi) is 3.18. The molecule has 0 fully saturated rings. The Morgan fingerprint density at radius 1 is 1.04 bits per heavy atom. The molecule has 142 valence electrons. The van der Waals surface area contributed by atoms with E-state index in [9.17, 15) is 5.11 Å². The molecule has 0 aromatic heterocycles. The van der Waals surface area contributed by atoms with Gasteiger partial charge in [-0.15, -0.1) is 0 Å². The summed E-state index contributed by atoms with van der Waals surface area (Å²) in [4.78, 5) is 0. The second-order valence-corrected chi connectivity index (χ2v) is 5.08. The summed E-state index contributed by atoms with van der Waals surface area (Å²) in [5.74, 6) is -1.55. The van der Waals surface area contributed by atoms with Crippen LogP contribution < -0.4 is 14.2 Å². The van der Waals surface area contributed by atoms with Gasteiger partial charge >= 0.3 is 0 Å². The van der Waals surface area contributed by atoms with Crippen molar-refractivity contribution in [3.63, 3.8) is 0 Å². The average Bonchev–Trinajstić information content (AvgIpc) is 2.84. The highest BCUT2D eigenvalue weighted by Crippen LogP contribution is 2.28. The van der Waals surface area contributed by atoms with Crippen LogP contribution in [0.2, 0.25) is 0 Å². The second-order valence-electron chi connectivity index (χ2n) is 5.08. The van der Waals surface area contributed by atoms with E-state index >= 15 is 0 Å². The Morgan fingerprint density at radius 2 is 1.81 bits per heavy atom. The number of rotatable bonds is 10. The first kappa shape index (κ1) is 8.22. The number of benzene rings is 2. The van der Waals surface area contributed by atoms with Crippen molar-refractivity contribution in [3.05, 3.63) is 52.9 Å². The highest BCUT2D eigenvalue weighted by molar-refractivity contribution is 5.42. The minimum Gasteiger partial charge on any atom is -0.493 e. The van der Waals surface area contributed by atoms with Crippen molar-refractivity contribution in [2.24, 2.45) is 0 Å². The average molecular weight is 373 g/mol. The summed E-state index contributed by atoms with van der Waals surface area (Å²) in [6, 6.07) is -3.96. The van der Waals surface area contributed by atoms with Gasteiger partial charge in [0.1, 0.15) is 12.3 Å². The number of hydrogen-bond acceptors (Lipinski definition) is 4. The van der Waals surface area contributed by atoms with Crippen LogP contribution in [0.1, 0.15) is 55.0 Å². The summed E-state index contributed by atoms with van der Waals surface area (Å²) >= 11 is 0. The number of methoxy groups -OCH3 is 2. The van der Waals surface area contributed by atoms with Gasteiger partial charge in [0.15, 0.2) is 11.5 Å². The van der Waals surface area contributed by atoms with E-state index in [4.69, 9.17) is 33.4 Å². The Morgan fingerprint density at radius 3 is 2.54 bits per heavy atom. The first-order valence-corrected chi connectivity index (χ1v) is 7.68. The summed E-state index contributed by atoms with van der Waals surface area (Å²) in [6.07, 6.45) is -14.2. The van der Waals surface area contributed by atoms with Crippen LogP contribution in [0.15, 0.2) is 36.3 Å². The van der Waals surface area contributed by atoms with Crippen molar-refractivity contribution < 1.29 is 38.5 Å². The molecule has 1 unspecified atom stereocenters. The highest BCUT2D eigenvalue weighted by atomic mass is 16.5. The van der Waals surface area contributed by atoms with Crippen molar-refractivity contribution in [3.8, 4) is 17.2 Å². The summed E-state index contributed by atoms with van der Waals surface area (Å²) in [5, 5.41) is 10.7. The minimum absolute atomic E-state index is 0.190. The third kappa shape index (κ3) is 5.95. The molecule has 0 aliphatic rings. The van der Waals surface area contributed by atoms with E-state index in [1.165, 1.54) is 13.8 Å². The maximum Gasteiger partial charge on any atom is 0.160 e. The SMILES string of the molecule is [2H]c1c([2H])c(OC([2H])([2H])C(O)C([2H])([2H])CC([2H])([2H])C([2H])([2H])c2c([2H])c([2H])c(OC)c(OC)c2[2H])c([2H])c(C)c1C. The zero-order chi connectivity index (χ0) is 31.3. The molecule has 2 rings (SSSR count). The quantitative estimate of drug-likeness (QED) is 0.668. The molecular weight excluding hydrogens is 328 g/mol. The van der Waals surface area contributed by atoms with Gasteiger partial charge in [-0.3, -0.25) is 0 Å². The topological polar surface area (TPSA) is 47.9 Å². The van der Waals surface area contributed by atoms with Crippen molar-refractivity contribution in [2.45, 2.75) is 45.5 Å². The predicted octanol–water partition coefficient (Wildman–Crippen LogP) is 4.47. The summed E-state index contributed by atoms with van der Waals surface area (Å²) in [7, 11) is 2.22. The van der Waals surface area contributed by atoms with Gasteiger partial charge in [-0.25, -0.2) is 0 Å². The smallest absolute Gasteiger partial charge is 0.160 e. The minimum atomic E-state index is -3.38. The molecule has 1 N–H and O–H groups in total. The zero-order valence-corrected chi connectivity index (χ0v) is 15.0. The normalized spacial score (nSPS) is 21.9. The largest absolute Gasteiger partial charge is 0.493 e. The fourth-order valence-corrected chi connectivity index (χ4v) is 1.75. The lowest BCUT2D eigenvalue weighted by molar-refractivity contribution is 0.0976. The lowest BCUT2D eigenvalue weighted by Crippen LogP contribution is -2.17. The molecule has 0 saturated carbocycles. The Bertz CT molecular complexity index is 1270. The van der Waals surface area contributed by atoms with Crippen LogP contribution in [-0.2, 0) is 6.37 Å². The number of aliphatic hydroxyl groups is 1. The molecule has 0 heterocycles. The highest BCUT2D eigenvalue weighted by Gasteiger charge is 2.07. The van der Waals surface area contributed by atoms with E-state index < -0.39 is 85.5 Å². The van der Waals surface area contributed by atoms with Crippen LogP contribution in [0.5, 0.6) is 17.2 Å². The summed E-state index contributed by atoms with van der Waals surface area (Å²) in [6.45, 7) is -0.478. The zero-order valence-electron chi connectivity index (χ0n) is 29.0. The van der Waals surface area contributed by atoms with E-state index in [0.29, 0.717) is 0 Å². The Labute approximate surface area is 176 Å². The molecule has 4 nitrogen and oxygen atoms in total. The summed E-state index contributed by atoms with van der Waals surface area (Å²) < 4.78 is 130. The lowest BCUT2D eigenvalue weighted by Gasteiger charge is -2.13. The van der Waals surface area contributed by atoms with Gasteiger partial charge in [0.2, 0.25) is 0 Å². The van der Waals surface area contributed by atoms with Gasteiger partial charge in [-0.2, -0.15) is 0 Å². The van der Waals surface area contributed by atoms with Crippen molar-refractivity contribution in [2.75, 3.05) is 20.8 Å². The van der Waals surface area contributed by atoms with Crippen LogP contribution in [-0.4, -0.2) is 32.0 Å². The molecule has 4 heteroatoms. The Balaban J connectivity index is 2.53. The van der Waals surface area contributed by atoms with E-state index in [-0.39, 0.29) is 22.9 Å². The van der Waals surface area contributed by atoms with Gasteiger partial charge in [0, 0.05) is 8.22 Å². The molecule has 2 aromatic carbocycles. The van der Waals surface area contributed by atoms with Crippen LogP contribution in [0.3, 0.4) is 0 Å². The first-order chi connectivity index (χ1) is 18.0.